The molecule has 5 nitrogen and oxygen atoms in total. The van der Waals surface area contributed by atoms with Crippen LogP contribution in [-0.4, -0.2) is 28.3 Å². The largest absolute Gasteiger partial charge is 0.394 e. The molecule has 98 valence electrons. The molecule has 5 heteroatoms. The van der Waals surface area contributed by atoms with Crippen LogP contribution in [0.1, 0.15) is 25.5 Å². The van der Waals surface area contributed by atoms with E-state index in [0.717, 1.165) is 18.5 Å². The Kier molecular flexibility index (Phi) is 3.52. The smallest absolute Gasteiger partial charge is 0.319 e. The van der Waals surface area contributed by atoms with Crippen LogP contribution in [0.2, 0.25) is 0 Å². The van der Waals surface area contributed by atoms with Crippen LogP contribution >= 0.6 is 0 Å². The highest BCUT2D eigenvalue weighted by Crippen LogP contribution is 2.39. The van der Waals surface area contributed by atoms with Gasteiger partial charge in [-0.2, -0.15) is 0 Å². The first-order valence-corrected chi connectivity index (χ1v) is 6.16. The molecule has 1 aromatic heterocycles. The Morgan fingerprint density at radius 3 is 2.89 bits per heavy atom. The molecule has 1 aliphatic rings. The molecule has 0 saturated heterocycles. The molecule has 1 aliphatic carbocycles. The van der Waals surface area contributed by atoms with E-state index in [-0.39, 0.29) is 12.6 Å². The summed E-state index contributed by atoms with van der Waals surface area (Å²) >= 11 is 0. The van der Waals surface area contributed by atoms with Gasteiger partial charge in [-0.3, -0.25) is 4.98 Å². The van der Waals surface area contributed by atoms with Crippen LogP contribution in [0.25, 0.3) is 0 Å². The minimum Gasteiger partial charge on any atom is -0.394 e. The molecule has 0 radical (unpaired) electrons. The van der Waals surface area contributed by atoms with Crippen molar-refractivity contribution in [1.82, 2.24) is 10.3 Å². The van der Waals surface area contributed by atoms with E-state index >= 15 is 0 Å². The van der Waals surface area contributed by atoms with Gasteiger partial charge in [-0.1, -0.05) is 0 Å². The molecule has 18 heavy (non-hydrogen) atoms. The summed E-state index contributed by atoms with van der Waals surface area (Å²) in [5.74, 6) is 0.382. The first-order valence-electron chi connectivity index (χ1n) is 6.16. The molecule has 0 aliphatic heterocycles. The lowest BCUT2D eigenvalue weighted by atomic mass is 9.97. The van der Waals surface area contributed by atoms with E-state index in [1.54, 1.807) is 18.3 Å². The molecule has 1 heterocycles. The summed E-state index contributed by atoms with van der Waals surface area (Å²) in [6, 6.07) is 3.25. The number of aliphatic hydroxyl groups is 1. The molecule has 0 bridgehead atoms. The summed E-state index contributed by atoms with van der Waals surface area (Å²) in [6.45, 7) is 3.70. The Hall–Kier alpha value is -1.62. The quantitative estimate of drug-likeness (QED) is 0.760. The van der Waals surface area contributed by atoms with E-state index in [1.165, 1.54) is 0 Å². The third kappa shape index (κ3) is 2.98. The minimum atomic E-state index is -0.522. The number of anilines is 1. The summed E-state index contributed by atoms with van der Waals surface area (Å²) in [5, 5.41) is 15.0. The normalized spacial score (nSPS) is 17.9. The molecule has 1 fully saturated rings. The number of rotatable bonds is 4. The van der Waals surface area contributed by atoms with Gasteiger partial charge in [-0.05, 0) is 44.7 Å². The van der Waals surface area contributed by atoms with Gasteiger partial charge in [-0.25, -0.2) is 4.79 Å². The van der Waals surface area contributed by atoms with Crippen molar-refractivity contribution in [3.05, 3.63) is 24.0 Å². The number of hydrogen-bond donors (Lipinski definition) is 3. The van der Waals surface area contributed by atoms with E-state index in [2.05, 4.69) is 15.6 Å². The maximum Gasteiger partial charge on any atom is 0.319 e. The van der Waals surface area contributed by atoms with Crippen molar-refractivity contribution in [2.75, 3.05) is 11.9 Å². The number of aromatic nitrogens is 1. The molecular formula is C13H19N3O2. The number of carbonyl (C=O) groups is 1. The Balaban J connectivity index is 1.96. The lowest BCUT2D eigenvalue weighted by Crippen LogP contribution is -2.52. The van der Waals surface area contributed by atoms with Crippen molar-refractivity contribution < 1.29 is 9.90 Å². The molecule has 1 aromatic rings. The number of aliphatic hydroxyl groups excluding tert-OH is 1. The molecule has 0 spiro atoms. The Bertz CT molecular complexity index is 446. The van der Waals surface area contributed by atoms with Crippen LogP contribution < -0.4 is 10.6 Å². The average Bonchev–Trinajstić information content (AvgIpc) is 3.12. The van der Waals surface area contributed by atoms with Crippen molar-refractivity contribution >= 4 is 11.7 Å². The first kappa shape index (κ1) is 12.8. The van der Waals surface area contributed by atoms with Crippen LogP contribution in [0.3, 0.4) is 0 Å². The fourth-order valence-corrected chi connectivity index (χ4v) is 2.04. The fourth-order valence-electron chi connectivity index (χ4n) is 2.04. The van der Waals surface area contributed by atoms with E-state index in [1.807, 2.05) is 13.8 Å². The van der Waals surface area contributed by atoms with Crippen molar-refractivity contribution in [1.29, 1.82) is 0 Å². The number of nitrogens with one attached hydrogen (secondary N) is 2. The summed E-state index contributed by atoms with van der Waals surface area (Å²) in [5.41, 5.74) is 1.03. The van der Waals surface area contributed by atoms with Crippen molar-refractivity contribution in [3.8, 4) is 0 Å². The molecule has 1 saturated carbocycles. The number of urea groups is 1. The van der Waals surface area contributed by atoms with Gasteiger partial charge in [0.15, 0.2) is 0 Å². The second kappa shape index (κ2) is 4.94. The third-order valence-corrected chi connectivity index (χ3v) is 3.36. The maximum atomic E-state index is 11.9. The van der Waals surface area contributed by atoms with Crippen molar-refractivity contribution in [3.63, 3.8) is 0 Å². The molecule has 2 amide bonds. The lowest BCUT2D eigenvalue weighted by Gasteiger charge is -2.28. The number of pyridine rings is 1. The monoisotopic (exact) mass is 249 g/mol. The predicted octanol–water partition coefficient (Wildman–Crippen LogP) is 1.67. The Labute approximate surface area is 107 Å². The van der Waals surface area contributed by atoms with Crippen LogP contribution in [0.5, 0.6) is 0 Å². The van der Waals surface area contributed by atoms with Gasteiger partial charge in [0.05, 0.1) is 12.1 Å². The zero-order chi connectivity index (χ0) is 13.2. The number of amides is 2. The second-order valence-corrected chi connectivity index (χ2v) is 5.11. The van der Waals surface area contributed by atoms with Crippen LogP contribution in [0.4, 0.5) is 10.5 Å². The van der Waals surface area contributed by atoms with Crippen molar-refractivity contribution in [2.45, 2.75) is 32.2 Å². The number of hydrogen-bond acceptors (Lipinski definition) is 3. The van der Waals surface area contributed by atoms with Gasteiger partial charge in [-0.15, -0.1) is 0 Å². The summed E-state index contributed by atoms with van der Waals surface area (Å²) in [4.78, 5) is 15.9. The highest BCUT2D eigenvalue weighted by atomic mass is 16.3. The molecule has 3 N–H and O–H groups in total. The second-order valence-electron chi connectivity index (χ2n) is 5.11. The standard InChI is InChI=1S/C13H19N3O2/c1-9-7-11(5-6-14-9)15-12(18)16-13(2,8-17)10-3-4-10/h5-7,10,17H,3-4,8H2,1-2H3,(H2,14,15,16,18). The molecule has 0 aromatic carbocycles. The first-order chi connectivity index (χ1) is 8.53. The maximum absolute atomic E-state index is 11.9. The summed E-state index contributed by atoms with van der Waals surface area (Å²) in [6.07, 6.45) is 3.77. The van der Waals surface area contributed by atoms with E-state index in [0.29, 0.717) is 11.6 Å². The van der Waals surface area contributed by atoms with Crippen molar-refractivity contribution in [2.24, 2.45) is 5.92 Å². The number of aryl methyl sites for hydroxylation is 1. The lowest BCUT2D eigenvalue weighted by molar-refractivity contribution is 0.159. The number of nitrogens with zero attached hydrogens (tertiary/aromatic N) is 1. The van der Waals surface area contributed by atoms with Crippen LogP contribution in [0, 0.1) is 12.8 Å². The van der Waals surface area contributed by atoms with E-state index in [9.17, 15) is 9.90 Å². The third-order valence-electron chi connectivity index (χ3n) is 3.36. The van der Waals surface area contributed by atoms with Gasteiger partial charge in [0.25, 0.3) is 0 Å². The SMILES string of the molecule is Cc1cc(NC(=O)NC(C)(CO)C2CC2)ccn1. The topological polar surface area (TPSA) is 74.2 Å². The van der Waals surface area contributed by atoms with Crippen LogP contribution in [-0.2, 0) is 0 Å². The molecular weight excluding hydrogens is 230 g/mol. The highest BCUT2D eigenvalue weighted by Gasteiger charge is 2.42. The van der Waals surface area contributed by atoms with E-state index < -0.39 is 5.54 Å². The Morgan fingerprint density at radius 2 is 2.33 bits per heavy atom. The molecule has 1 unspecified atom stereocenters. The molecule has 2 rings (SSSR count). The average molecular weight is 249 g/mol. The van der Waals surface area contributed by atoms with Gasteiger partial charge < -0.3 is 15.7 Å². The van der Waals surface area contributed by atoms with Gasteiger partial charge >= 0.3 is 6.03 Å². The summed E-state index contributed by atoms with van der Waals surface area (Å²) in [7, 11) is 0. The zero-order valence-corrected chi connectivity index (χ0v) is 10.7. The Morgan fingerprint density at radius 1 is 1.61 bits per heavy atom. The van der Waals surface area contributed by atoms with Crippen LogP contribution in [0.15, 0.2) is 18.3 Å². The van der Waals surface area contributed by atoms with Gasteiger partial charge in [0.2, 0.25) is 0 Å². The minimum absolute atomic E-state index is 0.0412. The fraction of sp³-hybridized carbons (Fsp3) is 0.538. The van der Waals surface area contributed by atoms with Gasteiger partial charge in [0, 0.05) is 17.6 Å². The van der Waals surface area contributed by atoms with Gasteiger partial charge in [0.1, 0.15) is 0 Å². The van der Waals surface area contributed by atoms with E-state index in [4.69, 9.17) is 0 Å². The summed E-state index contributed by atoms with van der Waals surface area (Å²) < 4.78 is 0. The predicted molar refractivity (Wildman–Crippen MR) is 69.3 cm³/mol. The highest BCUT2D eigenvalue weighted by molar-refractivity contribution is 5.89. The number of carbonyl (C=O) groups excluding carboxylic acids is 1. The zero-order valence-electron chi connectivity index (χ0n) is 10.7. The molecule has 1 atom stereocenters.